The molecule has 0 bridgehead atoms. The smallest absolute Gasteiger partial charge is 0.316 e. The number of nitrogens with one attached hydrogen (secondary N) is 1. The molecule has 0 spiro atoms. The lowest BCUT2D eigenvalue weighted by Gasteiger charge is -2.23. The zero-order valence-electron chi connectivity index (χ0n) is 15.0. The van der Waals surface area contributed by atoms with Crippen LogP contribution in [0.25, 0.3) is 22.6 Å². The molecular formula is C20H21FN4O2. The average molecular weight is 368 g/mol. The number of imidazole rings is 1. The molecule has 0 atom stereocenters. The molecule has 2 N–H and O–H groups in total. The molecule has 1 aliphatic carbocycles. The van der Waals surface area contributed by atoms with Crippen LogP contribution in [0.1, 0.15) is 37.4 Å². The second kappa shape index (κ2) is 7.44. The van der Waals surface area contributed by atoms with Gasteiger partial charge >= 0.3 is 6.01 Å². The molecule has 1 aromatic carbocycles. The molecule has 1 saturated carbocycles. The highest BCUT2D eigenvalue weighted by Gasteiger charge is 2.26. The minimum Gasteiger partial charge on any atom is -0.467 e. The van der Waals surface area contributed by atoms with Gasteiger partial charge in [-0.15, -0.1) is 0 Å². The largest absolute Gasteiger partial charge is 0.467 e. The summed E-state index contributed by atoms with van der Waals surface area (Å²) in [7, 11) is 1.50. The fraction of sp³-hybridized carbons (Fsp3) is 0.350. The zero-order chi connectivity index (χ0) is 18.8. The third-order valence-corrected chi connectivity index (χ3v) is 5.01. The number of aliphatic hydroxyl groups excluding tert-OH is 1. The van der Waals surface area contributed by atoms with E-state index < -0.39 is 0 Å². The number of H-pyrrole nitrogens is 1. The summed E-state index contributed by atoms with van der Waals surface area (Å²) in [5, 5.41) is 9.77. The third kappa shape index (κ3) is 3.55. The Morgan fingerprint density at radius 2 is 1.89 bits per heavy atom. The van der Waals surface area contributed by atoms with Gasteiger partial charge in [0.2, 0.25) is 0 Å². The fourth-order valence-electron chi connectivity index (χ4n) is 3.55. The highest BCUT2D eigenvalue weighted by Crippen LogP contribution is 2.37. The third-order valence-electron chi connectivity index (χ3n) is 5.01. The Hall–Kier alpha value is -2.80. The molecule has 27 heavy (non-hydrogen) atoms. The minimum atomic E-state index is -0.336. The molecule has 7 heteroatoms. The Morgan fingerprint density at radius 3 is 2.63 bits per heavy atom. The van der Waals surface area contributed by atoms with Crippen molar-refractivity contribution in [2.45, 2.75) is 37.7 Å². The first-order valence-corrected chi connectivity index (χ1v) is 9.06. The van der Waals surface area contributed by atoms with Crippen LogP contribution in [-0.2, 0) is 0 Å². The van der Waals surface area contributed by atoms with Crippen molar-refractivity contribution in [3.05, 3.63) is 48.2 Å². The summed E-state index contributed by atoms with van der Waals surface area (Å²) in [6.45, 7) is 0. The predicted octanol–water partition coefficient (Wildman–Crippen LogP) is 3.70. The highest BCUT2D eigenvalue weighted by atomic mass is 19.1. The molecule has 0 aliphatic heterocycles. The Balaban J connectivity index is 1.81. The van der Waals surface area contributed by atoms with Crippen molar-refractivity contribution in [3.63, 3.8) is 0 Å². The SMILES string of the molecule is COc1nccc(-c2[nH]c(C3CCC(O)CC3)nc2-c2ccccc2F)n1. The summed E-state index contributed by atoms with van der Waals surface area (Å²) in [6.07, 6.45) is 4.54. The summed E-state index contributed by atoms with van der Waals surface area (Å²) in [4.78, 5) is 16.5. The van der Waals surface area contributed by atoms with Crippen LogP contribution in [0.4, 0.5) is 4.39 Å². The topological polar surface area (TPSA) is 83.9 Å². The Bertz CT molecular complexity index is 935. The van der Waals surface area contributed by atoms with E-state index in [1.165, 1.54) is 13.2 Å². The van der Waals surface area contributed by atoms with E-state index in [2.05, 4.69) is 15.0 Å². The first kappa shape index (κ1) is 17.6. The lowest BCUT2D eigenvalue weighted by molar-refractivity contribution is 0.121. The Labute approximate surface area is 156 Å². The second-order valence-corrected chi connectivity index (χ2v) is 6.76. The summed E-state index contributed by atoms with van der Waals surface area (Å²) in [5.74, 6) is 0.668. The van der Waals surface area contributed by atoms with Gasteiger partial charge in [0.1, 0.15) is 17.3 Å². The lowest BCUT2D eigenvalue weighted by atomic mass is 9.87. The van der Waals surface area contributed by atoms with Crippen molar-refractivity contribution in [1.29, 1.82) is 0 Å². The maximum absolute atomic E-state index is 14.5. The number of nitrogens with zero attached hydrogens (tertiary/aromatic N) is 3. The average Bonchev–Trinajstić information content (AvgIpc) is 3.14. The lowest BCUT2D eigenvalue weighted by Crippen LogP contribution is -2.17. The number of benzene rings is 1. The van der Waals surface area contributed by atoms with Gasteiger partial charge in [0.05, 0.1) is 24.6 Å². The molecular weight excluding hydrogens is 347 g/mol. The molecule has 3 aromatic rings. The molecule has 0 radical (unpaired) electrons. The standard InChI is InChI=1S/C20H21FN4O2/c1-27-20-22-11-10-16(23-20)18-17(14-4-2-3-5-15(14)21)24-19(25-18)12-6-8-13(26)9-7-12/h2-5,10-13,26H,6-9H2,1H3,(H,24,25). The normalized spacial score (nSPS) is 19.8. The Kier molecular flexibility index (Phi) is 4.85. The minimum absolute atomic E-state index is 0.205. The summed E-state index contributed by atoms with van der Waals surface area (Å²) < 4.78 is 19.6. The van der Waals surface area contributed by atoms with E-state index in [1.54, 1.807) is 30.5 Å². The number of aromatic amines is 1. The molecule has 0 saturated heterocycles. The van der Waals surface area contributed by atoms with Crippen LogP contribution in [0.2, 0.25) is 0 Å². The molecule has 1 fully saturated rings. The van der Waals surface area contributed by atoms with Crippen molar-refractivity contribution in [1.82, 2.24) is 19.9 Å². The van der Waals surface area contributed by atoms with Crippen molar-refractivity contribution >= 4 is 0 Å². The molecule has 6 nitrogen and oxygen atoms in total. The van der Waals surface area contributed by atoms with Crippen LogP contribution in [-0.4, -0.2) is 38.3 Å². The number of aromatic nitrogens is 4. The second-order valence-electron chi connectivity index (χ2n) is 6.76. The summed E-state index contributed by atoms with van der Waals surface area (Å²) in [5.41, 5.74) is 2.18. The number of hydrogen-bond acceptors (Lipinski definition) is 5. The van der Waals surface area contributed by atoms with Crippen molar-refractivity contribution in [2.24, 2.45) is 0 Å². The van der Waals surface area contributed by atoms with Gasteiger partial charge in [-0.05, 0) is 43.9 Å². The van der Waals surface area contributed by atoms with Crippen LogP contribution in [0.3, 0.4) is 0 Å². The van der Waals surface area contributed by atoms with E-state index in [0.717, 1.165) is 31.5 Å². The van der Waals surface area contributed by atoms with Crippen LogP contribution in [0, 0.1) is 5.82 Å². The van der Waals surface area contributed by atoms with Crippen molar-refractivity contribution in [2.75, 3.05) is 7.11 Å². The first-order chi connectivity index (χ1) is 13.2. The van der Waals surface area contributed by atoms with Crippen LogP contribution >= 0.6 is 0 Å². The van der Waals surface area contributed by atoms with Crippen LogP contribution in [0.15, 0.2) is 36.5 Å². The van der Waals surface area contributed by atoms with Gasteiger partial charge in [0.25, 0.3) is 0 Å². The van der Waals surface area contributed by atoms with Gasteiger partial charge in [-0.2, -0.15) is 4.98 Å². The molecule has 140 valence electrons. The van der Waals surface area contributed by atoms with Gasteiger partial charge in [-0.3, -0.25) is 0 Å². The number of rotatable bonds is 4. The molecule has 0 unspecified atom stereocenters. The van der Waals surface area contributed by atoms with Crippen molar-refractivity contribution in [3.8, 4) is 28.7 Å². The van der Waals surface area contributed by atoms with E-state index in [1.807, 2.05) is 0 Å². The zero-order valence-corrected chi connectivity index (χ0v) is 15.0. The number of methoxy groups -OCH3 is 1. The highest BCUT2D eigenvalue weighted by molar-refractivity contribution is 5.77. The maximum atomic E-state index is 14.5. The van der Waals surface area contributed by atoms with Gasteiger partial charge < -0.3 is 14.8 Å². The quantitative estimate of drug-likeness (QED) is 0.734. The van der Waals surface area contributed by atoms with E-state index in [9.17, 15) is 9.50 Å². The van der Waals surface area contributed by atoms with E-state index in [0.29, 0.717) is 22.6 Å². The molecule has 2 aromatic heterocycles. The van der Waals surface area contributed by atoms with Crippen LogP contribution < -0.4 is 4.74 Å². The fourth-order valence-corrected chi connectivity index (χ4v) is 3.55. The maximum Gasteiger partial charge on any atom is 0.316 e. The van der Waals surface area contributed by atoms with Crippen molar-refractivity contribution < 1.29 is 14.2 Å². The number of aliphatic hydroxyl groups is 1. The summed E-state index contributed by atoms with van der Waals surface area (Å²) in [6, 6.07) is 8.56. The number of halogens is 1. The first-order valence-electron chi connectivity index (χ1n) is 9.06. The van der Waals surface area contributed by atoms with Crippen LogP contribution in [0.5, 0.6) is 6.01 Å². The Morgan fingerprint density at radius 1 is 1.11 bits per heavy atom. The predicted molar refractivity (Wildman–Crippen MR) is 98.8 cm³/mol. The summed E-state index contributed by atoms with van der Waals surface area (Å²) >= 11 is 0. The monoisotopic (exact) mass is 368 g/mol. The molecule has 1 aliphatic rings. The molecule has 0 amide bonds. The van der Waals surface area contributed by atoms with E-state index in [-0.39, 0.29) is 23.8 Å². The van der Waals surface area contributed by atoms with E-state index >= 15 is 0 Å². The van der Waals surface area contributed by atoms with Gasteiger partial charge in [-0.25, -0.2) is 14.4 Å². The number of ether oxygens (including phenoxy) is 1. The van der Waals surface area contributed by atoms with Gasteiger partial charge in [0, 0.05) is 17.7 Å². The van der Waals surface area contributed by atoms with Gasteiger partial charge in [0.15, 0.2) is 0 Å². The van der Waals surface area contributed by atoms with E-state index in [4.69, 9.17) is 9.72 Å². The van der Waals surface area contributed by atoms with Gasteiger partial charge in [-0.1, -0.05) is 12.1 Å². The number of hydrogen-bond donors (Lipinski definition) is 2. The molecule has 4 rings (SSSR count). The molecule has 2 heterocycles.